The molecule has 1 atom stereocenters. The van der Waals surface area contributed by atoms with E-state index in [2.05, 4.69) is 24.2 Å². The predicted molar refractivity (Wildman–Crippen MR) is 74.3 cm³/mol. The summed E-state index contributed by atoms with van der Waals surface area (Å²) in [5, 5.41) is 3.32. The molecule has 0 saturated heterocycles. The average Bonchev–Trinajstić information content (AvgIpc) is 3.19. The minimum atomic E-state index is 0.690. The average molecular weight is 238 g/mol. The first-order valence-corrected chi connectivity index (χ1v) is 7.67. The maximum atomic E-state index is 3.32. The lowest BCUT2D eigenvalue weighted by Gasteiger charge is -2.22. The Balaban J connectivity index is 1.55. The monoisotopic (exact) mass is 238 g/mol. The lowest BCUT2D eigenvalue weighted by Crippen LogP contribution is -2.29. The van der Waals surface area contributed by atoms with Crippen molar-refractivity contribution < 1.29 is 0 Å². The second kappa shape index (κ2) is 6.75. The molecule has 2 aliphatic rings. The van der Waals surface area contributed by atoms with Crippen LogP contribution in [0.1, 0.15) is 51.9 Å². The second-order valence-electron chi connectivity index (χ2n) is 6.33. The molecule has 2 heteroatoms. The Bertz CT molecular complexity index is 195. The van der Waals surface area contributed by atoms with Crippen molar-refractivity contribution in [1.82, 2.24) is 10.2 Å². The summed E-state index contributed by atoms with van der Waals surface area (Å²) in [5.74, 6) is 2.12. The van der Waals surface area contributed by atoms with E-state index in [1.807, 2.05) is 0 Å². The molecule has 2 nitrogen and oxygen atoms in total. The minimum Gasteiger partial charge on any atom is -0.317 e. The normalized spacial score (nSPS) is 22.1. The highest BCUT2D eigenvalue weighted by Crippen LogP contribution is 2.33. The first kappa shape index (κ1) is 13.4. The minimum absolute atomic E-state index is 0.690. The molecule has 0 aromatic heterocycles. The first-order chi connectivity index (χ1) is 8.28. The van der Waals surface area contributed by atoms with Crippen LogP contribution in [-0.4, -0.2) is 37.6 Å². The molecule has 0 spiro atoms. The summed E-state index contributed by atoms with van der Waals surface area (Å²) >= 11 is 0. The largest absolute Gasteiger partial charge is 0.317 e. The lowest BCUT2D eigenvalue weighted by molar-refractivity contribution is 0.246. The van der Waals surface area contributed by atoms with Gasteiger partial charge in [0, 0.05) is 19.1 Å². The third kappa shape index (κ3) is 5.87. The summed E-state index contributed by atoms with van der Waals surface area (Å²) in [5.41, 5.74) is 0. The molecule has 0 aromatic rings. The van der Waals surface area contributed by atoms with Gasteiger partial charge in [-0.3, -0.25) is 0 Å². The van der Waals surface area contributed by atoms with Crippen molar-refractivity contribution in [2.45, 2.75) is 57.9 Å². The Hall–Kier alpha value is -0.0800. The second-order valence-corrected chi connectivity index (χ2v) is 6.33. The highest BCUT2D eigenvalue weighted by molar-refractivity contribution is 4.82. The SMILES string of the molecule is CNC(C)CCCCN(CC1CC1)CC1CC1. The highest BCUT2D eigenvalue weighted by Gasteiger charge is 2.28. The number of nitrogens with one attached hydrogen (secondary N) is 1. The van der Waals surface area contributed by atoms with Crippen LogP contribution in [0.2, 0.25) is 0 Å². The Kier molecular flexibility index (Phi) is 5.30. The van der Waals surface area contributed by atoms with Gasteiger partial charge in [-0.15, -0.1) is 0 Å². The van der Waals surface area contributed by atoms with Gasteiger partial charge >= 0.3 is 0 Å². The molecule has 0 bridgehead atoms. The highest BCUT2D eigenvalue weighted by atomic mass is 15.1. The summed E-state index contributed by atoms with van der Waals surface area (Å²) in [6.07, 6.45) is 10.1. The van der Waals surface area contributed by atoms with Gasteiger partial charge < -0.3 is 10.2 Å². The van der Waals surface area contributed by atoms with Crippen LogP contribution in [0.5, 0.6) is 0 Å². The summed E-state index contributed by atoms with van der Waals surface area (Å²) in [4.78, 5) is 2.76. The molecule has 0 heterocycles. The van der Waals surface area contributed by atoms with Crippen molar-refractivity contribution in [3.05, 3.63) is 0 Å². The Labute approximate surface area is 107 Å². The van der Waals surface area contributed by atoms with Crippen molar-refractivity contribution in [3.8, 4) is 0 Å². The van der Waals surface area contributed by atoms with Crippen LogP contribution in [0, 0.1) is 11.8 Å². The fourth-order valence-electron chi connectivity index (χ4n) is 2.52. The molecule has 2 saturated carbocycles. The number of nitrogens with zero attached hydrogens (tertiary/aromatic N) is 1. The Morgan fingerprint density at radius 2 is 1.65 bits per heavy atom. The fraction of sp³-hybridized carbons (Fsp3) is 1.00. The van der Waals surface area contributed by atoms with Crippen molar-refractivity contribution in [2.75, 3.05) is 26.7 Å². The molecule has 2 fully saturated rings. The molecule has 1 N–H and O–H groups in total. The zero-order chi connectivity index (χ0) is 12.1. The van der Waals surface area contributed by atoms with E-state index in [1.165, 1.54) is 64.6 Å². The van der Waals surface area contributed by atoms with E-state index >= 15 is 0 Å². The van der Waals surface area contributed by atoms with Gasteiger partial charge in [-0.25, -0.2) is 0 Å². The Morgan fingerprint density at radius 1 is 1.06 bits per heavy atom. The summed E-state index contributed by atoms with van der Waals surface area (Å²) in [7, 11) is 2.07. The van der Waals surface area contributed by atoms with Gasteiger partial charge in [0.1, 0.15) is 0 Å². The summed E-state index contributed by atoms with van der Waals surface area (Å²) in [6, 6.07) is 0.690. The molecule has 1 unspecified atom stereocenters. The molecule has 2 rings (SSSR count). The van der Waals surface area contributed by atoms with Gasteiger partial charge in [0.25, 0.3) is 0 Å². The number of hydrogen-bond donors (Lipinski definition) is 1. The van der Waals surface area contributed by atoms with Crippen LogP contribution in [0.15, 0.2) is 0 Å². The van der Waals surface area contributed by atoms with Crippen LogP contribution in [0.3, 0.4) is 0 Å². The lowest BCUT2D eigenvalue weighted by atomic mass is 10.1. The van der Waals surface area contributed by atoms with Gasteiger partial charge in [-0.1, -0.05) is 6.42 Å². The van der Waals surface area contributed by atoms with E-state index in [9.17, 15) is 0 Å². The molecule has 100 valence electrons. The predicted octanol–water partition coefficient (Wildman–Crippen LogP) is 2.89. The van der Waals surface area contributed by atoms with Crippen LogP contribution in [0.4, 0.5) is 0 Å². The maximum Gasteiger partial charge on any atom is 0.00357 e. The van der Waals surface area contributed by atoms with Gasteiger partial charge in [0.15, 0.2) is 0 Å². The van der Waals surface area contributed by atoms with Gasteiger partial charge in [-0.05, 0) is 70.9 Å². The number of unbranched alkanes of at least 4 members (excludes halogenated alkanes) is 1. The van der Waals surface area contributed by atoms with Gasteiger partial charge in [0.2, 0.25) is 0 Å². The molecule has 0 radical (unpaired) electrons. The van der Waals surface area contributed by atoms with Crippen molar-refractivity contribution in [3.63, 3.8) is 0 Å². The topological polar surface area (TPSA) is 15.3 Å². The van der Waals surface area contributed by atoms with E-state index in [0.29, 0.717) is 6.04 Å². The van der Waals surface area contributed by atoms with E-state index in [0.717, 1.165) is 11.8 Å². The third-order valence-corrected chi connectivity index (χ3v) is 4.28. The summed E-state index contributed by atoms with van der Waals surface area (Å²) < 4.78 is 0. The smallest absolute Gasteiger partial charge is 0.00357 e. The summed E-state index contributed by atoms with van der Waals surface area (Å²) in [6.45, 7) is 6.44. The number of hydrogen-bond acceptors (Lipinski definition) is 2. The number of rotatable bonds is 10. The van der Waals surface area contributed by atoms with Gasteiger partial charge in [0.05, 0.1) is 0 Å². The van der Waals surface area contributed by atoms with Crippen molar-refractivity contribution in [2.24, 2.45) is 11.8 Å². The van der Waals surface area contributed by atoms with Crippen LogP contribution < -0.4 is 5.32 Å². The quantitative estimate of drug-likeness (QED) is 0.589. The van der Waals surface area contributed by atoms with Gasteiger partial charge in [-0.2, -0.15) is 0 Å². The van der Waals surface area contributed by atoms with E-state index in [1.54, 1.807) is 0 Å². The maximum absolute atomic E-state index is 3.32. The standard InChI is InChI=1S/C15H30N2/c1-13(16-2)5-3-4-10-17(11-14-6-7-14)12-15-8-9-15/h13-16H,3-12H2,1-2H3. The third-order valence-electron chi connectivity index (χ3n) is 4.28. The molecule has 0 aromatic carbocycles. The molecule has 0 amide bonds. The molecule has 0 aliphatic heterocycles. The van der Waals surface area contributed by atoms with E-state index in [4.69, 9.17) is 0 Å². The van der Waals surface area contributed by atoms with Crippen LogP contribution in [-0.2, 0) is 0 Å². The van der Waals surface area contributed by atoms with Crippen LogP contribution >= 0.6 is 0 Å². The van der Waals surface area contributed by atoms with E-state index < -0.39 is 0 Å². The van der Waals surface area contributed by atoms with E-state index in [-0.39, 0.29) is 0 Å². The van der Waals surface area contributed by atoms with Crippen molar-refractivity contribution >= 4 is 0 Å². The zero-order valence-electron chi connectivity index (χ0n) is 11.8. The molecule has 2 aliphatic carbocycles. The molecular weight excluding hydrogens is 208 g/mol. The van der Waals surface area contributed by atoms with Crippen molar-refractivity contribution in [1.29, 1.82) is 0 Å². The molecule has 17 heavy (non-hydrogen) atoms. The molecular formula is C15H30N2. The fourth-order valence-corrected chi connectivity index (χ4v) is 2.52. The van der Waals surface area contributed by atoms with Crippen LogP contribution in [0.25, 0.3) is 0 Å². The Morgan fingerprint density at radius 3 is 2.12 bits per heavy atom. The first-order valence-electron chi connectivity index (χ1n) is 7.67. The zero-order valence-corrected chi connectivity index (χ0v) is 11.8.